The van der Waals surface area contributed by atoms with E-state index < -0.39 is 22.2 Å². The summed E-state index contributed by atoms with van der Waals surface area (Å²) < 4.78 is 29.8. The van der Waals surface area contributed by atoms with Gasteiger partial charge in [-0.05, 0) is 6.92 Å². The second-order valence-electron chi connectivity index (χ2n) is 2.58. The van der Waals surface area contributed by atoms with Gasteiger partial charge in [-0.1, -0.05) is 0 Å². The van der Waals surface area contributed by atoms with Crippen molar-refractivity contribution in [2.24, 2.45) is 0 Å². The summed E-state index contributed by atoms with van der Waals surface area (Å²) in [6, 6.07) is 0. The van der Waals surface area contributed by atoms with Crippen LogP contribution in [0.15, 0.2) is 0 Å². The lowest BCUT2D eigenvalue weighted by Gasteiger charge is -2.08. The molecule has 0 aliphatic carbocycles. The van der Waals surface area contributed by atoms with Gasteiger partial charge in [0, 0.05) is 6.42 Å². The molecule has 0 aliphatic heterocycles. The Morgan fingerprint density at radius 2 is 2.07 bits per heavy atom. The van der Waals surface area contributed by atoms with Crippen LogP contribution >= 0.6 is 0 Å². The van der Waals surface area contributed by atoms with E-state index in [2.05, 4.69) is 8.92 Å². The number of hydrogen-bond acceptors (Lipinski definition) is 6. The van der Waals surface area contributed by atoms with Crippen molar-refractivity contribution in [2.45, 2.75) is 19.4 Å². The molecule has 1 N–H and O–H groups in total. The highest BCUT2D eigenvalue weighted by atomic mass is 32.2. The van der Waals surface area contributed by atoms with Crippen LogP contribution in [-0.2, 0) is 23.8 Å². The summed E-state index contributed by atoms with van der Waals surface area (Å²) in [6.07, 6.45) is -0.549. The summed E-state index contributed by atoms with van der Waals surface area (Å²) in [4.78, 5) is 10.8. The molecule has 0 spiro atoms. The van der Waals surface area contributed by atoms with Gasteiger partial charge in [-0.15, -0.1) is 0 Å². The Bertz CT molecular complexity index is 270. The van der Waals surface area contributed by atoms with Crippen LogP contribution in [-0.4, -0.2) is 45.1 Å². The van der Waals surface area contributed by atoms with E-state index in [1.165, 1.54) is 0 Å². The van der Waals surface area contributed by atoms with Gasteiger partial charge in [0.25, 0.3) is 10.1 Å². The van der Waals surface area contributed by atoms with Crippen LogP contribution in [0.3, 0.4) is 0 Å². The molecule has 0 radical (unpaired) electrons. The van der Waals surface area contributed by atoms with Crippen LogP contribution in [0.5, 0.6) is 0 Å². The van der Waals surface area contributed by atoms with E-state index in [0.29, 0.717) is 0 Å². The average Bonchev–Trinajstić information content (AvgIpc) is 2.02. The molecule has 0 heterocycles. The largest absolute Gasteiger partial charge is 0.464 e. The van der Waals surface area contributed by atoms with Gasteiger partial charge in [0.15, 0.2) is 6.10 Å². The second-order valence-corrected chi connectivity index (χ2v) is 4.23. The molecule has 0 fully saturated rings. The first-order valence-corrected chi connectivity index (χ1v) is 5.87. The standard InChI is InChI=1S/C7H14O6S/c1-3-12-7(9)6(8)4-5-13-14(2,10)11/h6,8H,3-5H2,1-2H3/t6-/m0/s1. The molecular formula is C7H14O6S. The van der Waals surface area contributed by atoms with Crippen LogP contribution in [0.4, 0.5) is 0 Å². The van der Waals surface area contributed by atoms with Crippen LogP contribution in [0.2, 0.25) is 0 Å². The molecule has 0 saturated carbocycles. The molecule has 7 heteroatoms. The summed E-state index contributed by atoms with van der Waals surface area (Å²) in [6.45, 7) is 1.54. The predicted octanol–water partition coefficient (Wildman–Crippen LogP) is -0.723. The maximum atomic E-state index is 10.8. The molecular weight excluding hydrogens is 212 g/mol. The quantitative estimate of drug-likeness (QED) is 0.474. The van der Waals surface area contributed by atoms with Crippen molar-refractivity contribution in [3.8, 4) is 0 Å². The molecule has 0 saturated heterocycles. The molecule has 0 amide bonds. The van der Waals surface area contributed by atoms with Crippen molar-refractivity contribution in [2.75, 3.05) is 19.5 Å². The lowest BCUT2D eigenvalue weighted by Crippen LogP contribution is -2.25. The van der Waals surface area contributed by atoms with Gasteiger partial charge in [0.05, 0.1) is 19.5 Å². The maximum absolute atomic E-state index is 10.8. The highest BCUT2D eigenvalue weighted by molar-refractivity contribution is 7.85. The van der Waals surface area contributed by atoms with Crippen molar-refractivity contribution in [3.63, 3.8) is 0 Å². The molecule has 0 aliphatic rings. The highest BCUT2D eigenvalue weighted by Crippen LogP contribution is 1.98. The third-order valence-corrected chi connectivity index (χ3v) is 1.84. The van der Waals surface area contributed by atoms with E-state index in [1.807, 2.05) is 0 Å². The molecule has 0 unspecified atom stereocenters. The second kappa shape index (κ2) is 5.94. The SMILES string of the molecule is CCOC(=O)[C@@H](O)CCOS(C)(=O)=O. The fraction of sp³-hybridized carbons (Fsp3) is 0.857. The minimum absolute atomic E-state index is 0.105. The van der Waals surface area contributed by atoms with Gasteiger partial charge in [0.1, 0.15) is 0 Å². The topological polar surface area (TPSA) is 89.9 Å². The Morgan fingerprint density at radius 3 is 2.50 bits per heavy atom. The Balaban J connectivity index is 3.74. The molecule has 1 atom stereocenters. The van der Waals surface area contributed by atoms with E-state index in [-0.39, 0.29) is 19.6 Å². The lowest BCUT2D eigenvalue weighted by molar-refractivity contribution is -0.153. The zero-order valence-electron chi connectivity index (χ0n) is 8.10. The molecule has 0 aromatic rings. The Kier molecular flexibility index (Phi) is 5.66. The number of carbonyl (C=O) groups is 1. The summed E-state index contributed by atoms with van der Waals surface area (Å²) in [5.41, 5.74) is 0. The Hall–Kier alpha value is -0.660. The number of hydrogen-bond donors (Lipinski definition) is 1. The van der Waals surface area contributed by atoms with Gasteiger partial charge < -0.3 is 9.84 Å². The number of rotatable bonds is 6. The number of aliphatic hydroxyl groups excluding tert-OH is 1. The fourth-order valence-corrected chi connectivity index (χ4v) is 1.07. The number of ether oxygens (including phenoxy) is 1. The maximum Gasteiger partial charge on any atom is 0.335 e. The summed E-state index contributed by atoms with van der Waals surface area (Å²) in [7, 11) is -3.52. The van der Waals surface area contributed by atoms with E-state index in [4.69, 9.17) is 5.11 Å². The smallest absolute Gasteiger partial charge is 0.335 e. The summed E-state index contributed by atoms with van der Waals surface area (Å²) in [5, 5.41) is 9.10. The monoisotopic (exact) mass is 226 g/mol. The summed E-state index contributed by atoms with van der Waals surface area (Å²) in [5.74, 6) is -0.774. The minimum atomic E-state index is -3.52. The van der Waals surface area contributed by atoms with Crippen LogP contribution < -0.4 is 0 Å². The lowest BCUT2D eigenvalue weighted by atomic mass is 10.3. The molecule has 6 nitrogen and oxygen atoms in total. The Morgan fingerprint density at radius 1 is 1.50 bits per heavy atom. The highest BCUT2D eigenvalue weighted by Gasteiger charge is 2.16. The van der Waals surface area contributed by atoms with Gasteiger partial charge in [0.2, 0.25) is 0 Å². The Labute approximate surface area is 82.9 Å². The predicted molar refractivity (Wildman–Crippen MR) is 48.1 cm³/mol. The molecule has 0 rings (SSSR count). The number of aliphatic hydroxyl groups is 1. The zero-order valence-corrected chi connectivity index (χ0v) is 8.91. The molecule has 0 bridgehead atoms. The molecule has 0 aromatic carbocycles. The normalized spacial score (nSPS) is 13.6. The van der Waals surface area contributed by atoms with Crippen molar-refractivity contribution in [3.05, 3.63) is 0 Å². The van der Waals surface area contributed by atoms with Gasteiger partial charge in [-0.25, -0.2) is 4.79 Å². The third-order valence-electron chi connectivity index (χ3n) is 1.25. The van der Waals surface area contributed by atoms with Crippen molar-refractivity contribution >= 4 is 16.1 Å². The van der Waals surface area contributed by atoms with Crippen molar-refractivity contribution < 1.29 is 27.2 Å². The fourth-order valence-electron chi connectivity index (χ4n) is 0.667. The molecule has 84 valence electrons. The molecule has 0 aromatic heterocycles. The van der Waals surface area contributed by atoms with E-state index in [0.717, 1.165) is 6.26 Å². The zero-order chi connectivity index (χ0) is 11.2. The van der Waals surface area contributed by atoms with Crippen molar-refractivity contribution in [1.82, 2.24) is 0 Å². The summed E-state index contributed by atoms with van der Waals surface area (Å²) >= 11 is 0. The van der Waals surface area contributed by atoms with Gasteiger partial charge in [-0.3, -0.25) is 4.18 Å². The van der Waals surface area contributed by atoms with Crippen LogP contribution in [0.25, 0.3) is 0 Å². The minimum Gasteiger partial charge on any atom is -0.464 e. The van der Waals surface area contributed by atoms with Crippen LogP contribution in [0, 0.1) is 0 Å². The van der Waals surface area contributed by atoms with Crippen LogP contribution in [0.1, 0.15) is 13.3 Å². The average molecular weight is 226 g/mol. The first-order chi connectivity index (χ1) is 6.37. The first-order valence-electron chi connectivity index (χ1n) is 4.06. The molecule has 14 heavy (non-hydrogen) atoms. The first kappa shape index (κ1) is 13.3. The van der Waals surface area contributed by atoms with E-state index >= 15 is 0 Å². The van der Waals surface area contributed by atoms with Gasteiger partial charge in [-0.2, -0.15) is 8.42 Å². The van der Waals surface area contributed by atoms with E-state index in [9.17, 15) is 13.2 Å². The number of esters is 1. The third kappa shape index (κ3) is 6.81. The van der Waals surface area contributed by atoms with Crippen molar-refractivity contribution in [1.29, 1.82) is 0 Å². The van der Waals surface area contributed by atoms with Gasteiger partial charge >= 0.3 is 5.97 Å². The number of carbonyl (C=O) groups excluding carboxylic acids is 1. The van der Waals surface area contributed by atoms with E-state index in [1.54, 1.807) is 6.92 Å².